The lowest BCUT2D eigenvalue weighted by Crippen LogP contribution is -2.14. The van der Waals surface area contributed by atoms with Crippen molar-refractivity contribution in [3.63, 3.8) is 0 Å². The summed E-state index contributed by atoms with van der Waals surface area (Å²) in [7, 11) is -3.24. The summed E-state index contributed by atoms with van der Waals surface area (Å²) < 4.78 is 23.6. The number of hydrogen-bond donors (Lipinski definition) is 1. The molecule has 0 aliphatic carbocycles. The topological polar surface area (TPSA) is 76.1 Å². The zero-order valence-corrected chi connectivity index (χ0v) is 16.2. The molecule has 9 heteroatoms. The van der Waals surface area contributed by atoms with Crippen LogP contribution in [-0.2, 0) is 21.1 Å². The number of carbonyl (C=O) groups is 1. The molecule has 0 saturated carbocycles. The van der Waals surface area contributed by atoms with E-state index in [-0.39, 0.29) is 17.2 Å². The Morgan fingerprint density at radius 2 is 1.92 bits per heavy atom. The summed E-state index contributed by atoms with van der Waals surface area (Å²) in [6, 6.07) is 9.96. The van der Waals surface area contributed by atoms with E-state index in [4.69, 9.17) is 11.6 Å². The van der Waals surface area contributed by atoms with E-state index in [2.05, 4.69) is 10.3 Å². The maximum absolute atomic E-state index is 12.1. The van der Waals surface area contributed by atoms with Crippen LogP contribution in [0.25, 0.3) is 10.6 Å². The van der Waals surface area contributed by atoms with E-state index in [9.17, 15) is 13.2 Å². The third-order valence-electron chi connectivity index (χ3n) is 3.29. The quantitative estimate of drug-likeness (QED) is 0.684. The van der Waals surface area contributed by atoms with Crippen LogP contribution in [0.2, 0.25) is 4.34 Å². The molecule has 2 heterocycles. The molecule has 0 bridgehead atoms. The highest BCUT2D eigenvalue weighted by atomic mass is 35.5. The van der Waals surface area contributed by atoms with Crippen molar-refractivity contribution >= 4 is 55.2 Å². The molecule has 1 N–H and O–H groups in total. The highest BCUT2D eigenvalue weighted by Gasteiger charge is 2.11. The van der Waals surface area contributed by atoms with Crippen LogP contribution in [0.4, 0.5) is 5.13 Å². The number of hydrogen-bond acceptors (Lipinski definition) is 6. The average Bonchev–Trinajstić information content (AvgIpc) is 3.15. The van der Waals surface area contributed by atoms with Crippen molar-refractivity contribution in [3.8, 4) is 10.6 Å². The van der Waals surface area contributed by atoms with Gasteiger partial charge in [0.1, 0.15) is 0 Å². The molecule has 25 heavy (non-hydrogen) atoms. The average molecular weight is 413 g/mol. The fourth-order valence-electron chi connectivity index (χ4n) is 2.10. The van der Waals surface area contributed by atoms with Gasteiger partial charge in [0.05, 0.1) is 26.2 Å². The van der Waals surface area contributed by atoms with Crippen LogP contribution in [-0.4, -0.2) is 25.6 Å². The first kappa shape index (κ1) is 18.1. The van der Waals surface area contributed by atoms with Crippen molar-refractivity contribution in [1.82, 2.24) is 4.98 Å². The Labute approximate surface area is 158 Å². The van der Waals surface area contributed by atoms with E-state index >= 15 is 0 Å². The van der Waals surface area contributed by atoms with E-state index in [1.54, 1.807) is 18.2 Å². The molecule has 3 aromatic rings. The molecule has 1 amide bonds. The summed E-state index contributed by atoms with van der Waals surface area (Å²) >= 11 is 8.68. The fraction of sp³-hybridized carbons (Fsp3) is 0.125. The van der Waals surface area contributed by atoms with Crippen LogP contribution in [0.15, 0.2) is 46.7 Å². The summed E-state index contributed by atoms with van der Waals surface area (Å²) in [5.41, 5.74) is 1.50. The van der Waals surface area contributed by atoms with Crippen LogP contribution >= 0.6 is 34.3 Å². The number of thiophene rings is 1. The highest BCUT2D eigenvalue weighted by Crippen LogP contribution is 2.32. The first-order valence-electron chi connectivity index (χ1n) is 7.11. The predicted octanol–water partition coefficient (Wildman–Crippen LogP) is 4.11. The Hall–Kier alpha value is -1.74. The van der Waals surface area contributed by atoms with Gasteiger partial charge in [-0.2, -0.15) is 0 Å². The van der Waals surface area contributed by atoms with Gasteiger partial charge in [0.15, 0.2) is 15.0 Å². The Morgan fingerprint density at radius 1 is 1.20 bits per heavy atom. The normalized spacial score (nSPS) is 11.4. The number of sulfone groups is 1. The number of thiazole rings is 1. The van der Waals surface area contributed by atoms with Gasteiger partial charge in [0.2, 0.25) is 5.91 Å². The number of halogens is 1. The van der Waals surface area contributed by atoms with E-state index in [0.29, 0.717) is 9.47 Å². The number of anilines is 1. The van der Waals surface area contributed by atoms with Crippen molar-refractivity contribution in [1.29, 1.82) is 0 Å². The van der Waals surface area contributed by atoms with Gasteiger partial charge in [0.25, 0.3) is 0 Å². The smallest absolute Gasteiger partial charge is 0.230 e. The first-order chi connectivity index (χ1) is 11.8. The molecule has 0 atom stereocenters. The van der Waals surface area contributed by atoms with Crippen LogP contribution in [0.3, 0.4) is 0 Å². The minimum atomic E-state index is -3.24. The lowest BCUT2D eigenvalue weighted by atomic mass is 10.1. The zero-order chi connectivity index (χ0) is 18.0. The summed E-state index contributed by atoms with van der Waals surface area (Å²) in [6.07, 6.45) is 1.29. The molecule has 2 aromatic heterocycles. The fourth-order valence-corrected chi connectivity index (χ4v) is 4.54. The molecular weight excluding hydrogens is 400 g/mol. The number of benzene rings is 1. The van der Waals surface area contributed by atoms with Crippen LogP contribution < -0.4 is 5.32 Å². The number of carbonyl (C=O) groups excluding carboxylic acids is 1. The predicted molar refractivity (Wildman–Crippen MR) is 102 cm³/mol. The Kier molecular flexibility index (Phi) is 5.24. The molecule has 1 aromatic carbocycles. The molecule has 0 saturated heterocycles. The number of nitrogens with zero attached hydrogens (tertiary/aromatic N) is 1. The van der Waals surface area contributed by atoms with Crippen molar-refractivity contribution < 1.29 is 13.2 Å². The Bertz CT molecular complexity index is 1010. The molecule has 130 valence electrons. The van der Waals surface area contributed by atoms with Gasteiger partial charge in [-0.25, -0.2) is 13.4 Å². The Balaban J connectivity index is 1.64. The summed E-state index contributed by atoms with van der Waals surface area (Å²) in [4.78, 5) is 17.7. The molecule has 0 aliphatic heterocycles. The van der Waals surface area contributed by atoms with Crippen molar-refractivity contribution in [2.45, 2.75) is 11.3 Å². The van der Waals surface area contributed by atoms with Crippen molar-refractivity contribution in [2.24, 2.45) is 0 Å². The summed E-state index contributed by atoms with van der Waals surface area (Å²) in [5.74, 6) is -0.211. The van der Waals surface area contributed by atoms with Crippen LogP contribution in [0.1, 0.15) is 5.56 Å². The number of amides is 1. The van der Waals surface area contributed by atoms with E-state index < -0.39 is 9.84 Å². The van der Waals surface area contributed by atoms with Gasteiger partial charge in [0, 0.05) is 11.6 Å². The zero-order valence-electron chi connectivity index (χ0n) is 13.0. The number of aromatic nitrogens is 1. The van der Waals surface area contributed by atoms with E-state index in [1.807, 2.05) is 11.4 Å². The summed E-state index contributed by atoms with van der Waals surface area (Å²) in [5, 5.41) is 5.13. The molecule has 0 fully saturated rings. The SMILES string of the molecule is CS(=O)(=O)c1ccc(CC(=O)Nc2nc(-c3ccc(Cl)s3)cs2)cc1. The van der Waals surface area contributed by atoms with Gasteiger partial charge in [-0.05, 0) is 29.8 Å². The van der Waals surface area contributed by atoms with Gasteiger partial charge in [-0.1, -0.05) is 23.7 Å². The molecule has 3 rings (SSSR count). The van der Waals surface area contributed by atoms with Crippen LogP contribution in [0.5, 0.6) is 0 Å². The van der Waals surface area contributed by atoms with E-state index in [0.717, 1.165) is 22.4 Å². The second kappa shape index (κ2) is 7.25. The molecule has 0 spiro atoms. The maximum Gasteiger partial charge on any atom is 0.230 e. The molecule has 0 unspecified atom stereocenters. The highest BCUT2D eigenvalue weighted by molar-refractivity contribution is 7.90. The lowest BCUT2D eigenvalue weighted by Gasteiger charge is -2.03. The Morgan fingerprint density at radius 3 is 2.52 bits per heavy atom. The number of nitrogens with one attached hydrogen (secondary N) is 1. The molecule has 0 aliphatic rings. The van der Waals surface area contributed by atoms with Crippen molar-refractivity contribution in [2.75, 3.05) is 11.6 Å². The summed E-state index contributed by atoms with van der Waals surface area (Å²) in [6.45, 7) is 0. The maximum atomic E-state index is 12.1. The van der Waals surface area contributed by atoms with E-state index in [1.165, 1.54) is 34.8 Å². The third kappa shape index (κ3) is 4.66. The second-order valence-corrected chi connectivity index (χ2v) is 9.87. The van der Waals surface area contributed by atoms with Gasteiger partial charge in [-0.3, -0.25) is 4.79 Å². The van der Waals surface area contributed by atoms with Gasteiger partial charge in [-0.15, -0.1) is 22.7 Å². The first-order valence-corrected chi connectivity index (χ1v) is 11.1. The van der Waals surface area contributed by atoms with Gasteiger partial charge < -0.3 is 5.32 Å². The van der Waals surface area contributed by atoms with Crippen molar-refractivity contribution in [3.05, 3.63) is 51.7 Å². The monoisotopic (exact) mass is 412 g/mol. The third-order valence-corrected chi connectivity index (χ3v) is 6.43. The molecule has 0 radical (unpaired) electrons. The second-order valence-electron chi connectivity index (χ2n) is 5.28. The molecular formula is C16H13ClN2O3S3. The van der Waals surface area contributed by atoms with Gasteiger partial charge >= 0.3 is 0 Å². The number of rotatable bonds is 5. The minimum Gasteiger partial charge on any atom is -0.302 e. The molecule has 5 nitrogen and oxygen atoms in total. The van der Waals surface area contributed by atoms with Crippen LogP contribution in [0, 0.1) is 0 Å². The standard InChI is InChI=1S/C16H13ClN2O3S3/c1-25(21,22)11-4-2-10(3-5-11)8-15(20)19-16-18-12(9-23-16)13-6-7-14(17)24-13/h2-7,9H,8H2,1H3,(H,18,19,20). The lowest BCUT2D eigenvalue weighted by molar-refractivity contribution is -0.115. The minimum absolute atomic E-state index is 0.143. The largest absolute Gasteiger partial charge is 0.302 e.